The van der Waals surface area contributed by atoms with Crippen LogP contribution in [0.2, 0.25) is 0 Å². The molecule has 86 valence electrons. The molecule has 0 amide bonds. The highest BCUT2D eigenvalue weighted by Crippen LogP contribution is 2.11. The van der Waals surface area contributed by atoms with E-state index in [-0.39, 0.29) is 12.4 Å². The molecule has 0 aromatic carbocycles. The maximum Gasteiger partial charge on any atom is 0.279 e. The van der Waals surface area contributed by atoms with Gasteiger partial charge in [-0.2, -0.15) is 12.7 Å². The van der Waals surface area contributed by atoms with Crippen molar-refractivity contribution in [2.75, 3.05) is 26.2 Å². The minimum Gasteiger partial charge on any atom is -0.329 e. The SMILES string of the molecule is Cl.NCCNS(=O)(=O)N1CCCCC1. The lowest BCUT2D eigenvalue weighted by Crippen LogP contribution is -2.44. The first-order chi connectivity index (χ1) is 6.17. The van der Waals surface area contributed by atoms with Crippen molar-refractivity contribution in [3.05, 3.63) is 0 Å². The van der Waals surface area contributed by atoms with Gasteiger partial charge in [0, 0.05) is 26.2 Å². The van der Waals surface area contributed by atoms with Gasteiger partial charge in [0.15, 0.2) is 0 Å². The van der Waals surface area contributed by atoms with E-state index in [1.807, 2.05) is 0 Å². The number of hydrogen-bond acceptors (Lipinski definition) is 3. The minimum atomic E-state index is -3.24. The van der Waals surface area contributed by atoms with Gasteiger partial charge >= 0.3 is 0 Å². The Balaban J connectivity index is 0.00000169. The van der Waals surface area contributed by atoms with E-state index in [2.05, 4.69) is 4.72 Å². The smallest absolute Gasteiger partial charge is 0.279 e. The van der Waals surface area contributed by atoms with Gasteiger partial charge in [-0.1, -0.05) is 6.42 Å². The predicted octanol–water partition coefficient (Wildman–Crippen LogP) is -0.313. The lowest BCUT2D eigenvalue weighted by Gasteiger charge is -2.25. The Bertz CT molecular complexity index is 239. The fourth-order valence-electron chi connectivity index (χ4n) is 1.38. The van der Waals surface area contributed by atoms with E-state index in [1.165, 1.54) is 4.31 Å². The van der Waals surface area contributed by atoms with E-state index in [0.29, 0.717) is 26.2 Å². The third-order valence-corrected chi connectivity index (χ3v) is 3.70. The molecule has 1 rings (SSSR count). The Labute approximate surface area is 91.6 Å². The van der Waals surface area contributed by atoms with Crippen LogP contribution in [0.25, 0.3) is 0 Å². The molecule has 0 bridgehead atoms. The third kappa shape index (κ3) is 4.10. The molecule has 0 aliphatic carbocycles. The zero-order valence-electron chi connectivity index (χ0n) is 8.11. The number of nitrogens with zero attached hydrogens (tertiary/aromatic N) is 1. The zero-order chi connectivity index (χ0) is 9.73. The molecule has 1 saturated heterocycles. The lowest BCUT2D eigenvalue weighted by molar-refractivity contribution is 0.342. The molecule has 0 radical (unpaired) electrons. The monoisotopic (exact) mass is 243 g/mol. The zero-order valence-corrected chi connectivity index (χ0v) is 9.74. The van der Waals surface area contributed by atoms with Crippen LogP contribution in [0.3, 0.4) is 0 Å². The first kappa shape index (κ1) is 14.1. The quantitative estimate of drug-likeness (QED) is 0.711. The summed E-state index contributed by atoms with van der Waals surface area (Å²) in [5.41, 5.74) is 5.22. The summed E-state index contributed by atoms with van der Waals surface area (Å²) in [6, 6.07) is 0. The van der Waals surface area contributed by atoms with Crippen molar-refractivity contribution in [2.45, 2.75) is 19.3 Å². The van der Waals surface area contributed by atoms with Gasteiger partial charge in [-0.25, -0.2) is 4.72 Å². The van der Waals surface area contributed by atoms with Crippen LogP contribution >= 0.6 is 12.4 Å². The van der Waals surface area contributed by atoms with Crippen molar-refractivity contribution < 1.29 is 8.42 Å². The fraction of sp³-hybridized carbons (Fsp3) is 1.00. The van der Waals surface area contributed by atoms with Crippen LogP contribution in [0.5, 0.6) is 0 Å². The van der Waals surface area contributed by atoms with Gasteiger partial charge in [-0.3, -0.25) is 0 Å². The molecule has 0 saturated carbocycles. The highest BCUT2D eigenvalue weighted by Gasteiger charge is 2.22. The summed E-state index contributed by atoms with van der Waals surface area (Å²) in [4.78, 5) is 0. The van der Waals surface area contributed by atoms with Crippen molar-refractivity contribution in [1.29, 1.82) is 0 Å². The van der Waals surface area contributed by atoms with Crippen molar-refractivity contribution in [3.8, 4) is 0 Å². The molecule has 3 N–H and O–H groups in total. The van der Waals surface area contributed by atoms with Crippen LogP contribution in [0.15, 0.2) is 0 Å². The van der Waals surface area contributed by atoms with Crippen LogP contribution in [-0.2, 0) is 10.2 Å². The molecule has 1 fully saturated rings. The van der Waals surface area contributed by atoms with Crippen molar-refractivity contribution in [3.63, 3.8) is 0 Å². The molecule has 0 aromatic rings. The number of piperidine rings is 1. The summed E-state index contributed by atoms with van der Waals surface area (Å²) >= 11 is 0. The molecule has 0 aromatic heterocycles. The van der Waals surface area contributed by atoms with E-state index in [1.54, 1.807) is 0 Å². The summed E-state index contributed by atoms with van der Waals surface area (Å²) in [5.74, 6) is 0. The van der Waals surface area contributed by atoms with Gasteiger partial charge < -0.3 is 5.73 Å². The van der Waals surface area contributed by atoms with Gasteiger partial charge in [0.25, 0.3) is 10.2 Å². The second kappa shape index (κ2) is 6.58. The predicted molar refractivity (Wildman–Crippen MR) is 58.6 cm³/mol. The summed E-state index contributed by atoms with van der Waals surface area (Å²) < 4.78 is 27.0. The first-order valence-electron chi connectivity index (χ1n) is 4.61. The Kier molecular flexibility index (Phi) is 6.63. The molecule has 0 spiro atoms. The molecule has 7 heteroatoms. The molecule has 14 heavy (non-hydrogen) atoms. The maximum absolute atomic E-state index is 11.5. The van der Waals surface area contributed by atoms with Crippen LogP contribution in [-0.4, -0.2) is 38.9 Å². The maximum atomic E-state index is 11.5. The number of nitrogens with two attached hydrogens (primary N) is 1. The fourth-order valence-corrected chi connectivity index (χ4v) is 2.68. The molecular weight excluding hydrogens is 226 g/mol. The van der Waals surface area contributed by atoms with Crippen LogP contribution < -0.4 is 10.5 Å². The number of halogens is 1. The summed E-state index contributed by atoms with van der Waals surface area (Å²) in [6.07, 6.45) is 3.05. The van der Waals surface area contributed by atoms with Crippen molar-refractivity contribution in [2.24, 2.45) is 5.73 Å². The molecular formula is C7H18ClN3O2S. The Hall–Kier alpha value is 0.120. The van der Waals surface area contributed by atoms with Crippen molar-refractivity contribution in [1.82, 2.24) is 9.03 Å². The Morgan fingerprint density at radius 1 is 1.21 bits per heavy atom. The number of rotatable bonds is 4. The number of hydrogen-bond donors (Lipinski definition) is 2. The second-order valence-corrected chi connectivity index (χ2v) is 4.90. The highest BCUT2D eigenvalue weighted by molar-refractivity contribution is 7.87. The minimum absolute atomic E-state index is 0. The van der Waals surface area contributed by atoms with Gasteiger partial charge in [0.1, 0.15) is 0 Å². The molecule has 1 aliphatic heterocycles. The van der Waals surface area contributed by atoms with Gasteiger partial charge in [0.05, 0.1) is 0 Å². The van der Waals surface area contributed by atoms with Gasteiger partial charge in [0.2, 0.25) is 0 Å². The van der Waals surface area contributed by atoms with E-state index >= 15 is 0 Å². The normalized spacial score (nSPS) is 18.9. The van der Waals surface area contributed by atoms with Crippen molar-refractivity contribution >= 4 is 22.6 Å². The van der Waals surface area contributed by atoms with E-state index < -0.39 is 10.2 Å². The molecule has 1 aliphatic rings. The Morgan fingerprint density at radius 2 is 1.79 bits per heavy atom. The standard InChI is InChI=1S/C7H17N3O2S.ClH/c8-4-5-9-13(11,12)10-6-2-1-3-7-10;/h9H,1-8H2;1H. The van der Waals surface area contributed by atoms with Crippen LogP contribution in [0, 0.1) is 0 Å². The van der Waals surface area contributed by atoms with E-state index in [9.17, 15) is 8.42 Å². The average molecular weight is 244 g/mol. The van der Waals surface area contributed by atoms with E-state index in [0.717, 1.165) is 19.3 Å². The molecule has 0 unspecified atom stereocenters. The first-order valence-corrected chi connectivity index (χ1v) is 6.05. The topological polar surface area (TPSA) is 75.4 Å². The van der Waals surface area contributed by atoms with Crippen LogP contribution in [0.4, 0.5) is 0 Å². The lowest BCUT2D eigenvalue weighted by atomic mass is 10.2. The van der Waals surface area contributed by atoms with Gasteiger partial charge in [-0.05, 0) is 12.8 Å². The Morgan fingerprint density at radius 3 is 2.29 bits per heavy atom. The van der Waals surface area contributed by atoms with Gasteiger partial charge in [-0.15, -0.1) is 12.4 Å². The average Bonchev–Trinajstić information content (AvgIpc) is 2.16. The molecule has 0 atom stereocenters. The molecule has 5 nitrogen and oxygen atoms in total. The highest BCUT2D eigenvalue weighted by atomic mass is 35.5. The van der Waals surface area contributed by atoms with Crippen LogP contribution in [0.1, 0.15) is 19.3 Å². The summed E-state index contributed by atoms with van der Waals surface area (Å²) in [7, 11) is -3.24. The summed E-state index contributed by atoms with van der Waals surface area (Å²) in [6.45, 7) is 1.94. The largest absolute Gasteiger partial charge is 0.329 e. The van der Waals surface area contributed by atoms with E-state index in [4.69, 9.17) is 5.73 Å². The molecule has 1 heterocycles. The third-order valence-electron chi connectivity index (χ3n) is 2.08. The second-order valence-electron chi connectivity index (χ2n) is 3.15. The summed E-state index contributed by atoms with van der Waals surface area (Å²) in [5, 5.41) is 0. The number of nitrogens with one attached hydrogen (secondary N) is 1.